The number of rotatable bonds is 2. The van der Waals surface area contributed by atoms with Crippen LogP contribution in [0.25, 0.3) is 0 Å². The van der Waals surface area contributed by atoms with Crippen LogP contribution in [0.3, 0.4) is 0 Å². The number of hydrogen-bond acceptors (Lipinski definition) is 2. The molecule has 20 heavy (non-hydrogen) atoms. The van der Waals surface area contributed by atoms with Gasteiger partial charge in [0.25, 0.3) is 0 Å². The average Bonchev–Trinajstić information content (AvgIpc) is 2.38. The second-order valence-electron chi connectivity index (χ2n) is 6.81. The molecule has 0 aromatic heterocycles. The van der Waals surface area contributed by atoms with Crippen LogP contribution >= 0.6 is 0 Å². The molecule has 0 radical (unpaired) electrons. The van der Waals surface area contributed by atoms with E-state index in [-0.39, 0.29) is 11.3 Å². The lowest BCUT2D eigenvalue weighted by Crippen LogP contribution is -2.51. The second kappa shape index (κ2) is 5.96. The van der Waals surface area contributed by atoms with Gasteiger partial charge in [-0.3, -0.25) is 9.69 Å². The predicted molar refractivity (Wildman–Crippen MR) is 82.5 cm³/mol. The van der Waals surface area contributed by atoms with Crippen molar-refractivity contribution in [2.75, 3.05) is 26.2 Å². The Kier molecular flexibility index (Phi) is 4.48. The molecule has 3 nitrogen and oxygen atoms in total. The molecule has 110 valence electrons. The van der Waals surface area contributed by atoms with Crippen LogP contribution in [-0.2, 0) is 11.3 Å². The summed E-state index contributed by atoms with van der Waals surface area (Å²) >= 11 is 0. The Hall–Kier alpha value is -1.35. The Morgan fingerprint density at radius 1 is 1.15 bits per heavy atom. The molecule has 1 aliphatic rings. The molecule has 1 saturated heterocycles. The van der Waals surface area contributed by atoms with Gasteiger partial charge in [-0.15, -0.1) is 0 Å². The van der Waals surface area contributed by atoms with Gasteiger partial charge in [-0.25, -0.2) is 0 Å². The number of carbonyl (C=O) groups is 1. The molecule has 3 heteroatoms. The molecule has 2 rings (SSSR count). The quantitative estimate of drug-likeness (QED) is 0.828. The molecule has 1 amide bonds. The van der Waals surface area contributed by atoms with E-state index >= 15 is 0 Å². The van der Waals surface area contributed by atoms with Gasteiger partial charge in [-0.1, -0.05) is 50.6 Å². The standard InChI is InChI=1S/C17H26N2O/c1-14-6-5-7-15(12-14)13-18-8-10-19(11-9-18)16(20)17(2,3)4/h5-7,12H,8-11,13H2,1-4H3. The molecule has 0 aliphatic carbocycles. The third kappa shape index (κ3) is 3.83. The van der Waals surface area contributed by atoms with Crippen molar-refractivity contribution in [2.45, 2.75) is 34.2 Å². The first-order valence-corrected chi connectivity index (χ1v) is 7.43. The summed E-state index contributed by atoms with van der Waals surface area (Å²) in [6, 6.07) is 8.67. The van der Waals surface area contributed by atoms with Crippen molar-refractivity contribution in [3.8, 4) is 0 Å². The van der Waals surface area contributed by atoms with Gasteiger partial charge in [0.2, 0.25) is 5.91 Å². The lowest BCUT2D eigenvalue weighted by atomic mass is 9.94. The third-order valence-electron chi connectivity index (χ3n) is 3.79. The number of aryl methyl sites for hydroxylation is 1. The topological polar surface area (TPSA) is 23.6 Å². The molecule has 1 fully saturated rings. The van der Waals surface area contributed by atoms with E-state index in [4.69, 9.17) is 0 Å². The van der Waals surface area contributed by atoms with Gasteiger partial charge < -0.3 is 4.90 Å². The molecular weight excluding hydrogens is 248 g/mol. The SMILES string of the molecule is Cc1cccc(CN2CCN(C(=O)C(C)(C)C)CC2)c1. The Labute approximate surface area is 122 Å². The van der Waals surface area contributed by atoms with E-state index in [1.807, 2.05) is 25.7 Å². The van der Waals surface area contributed by atoms with E-state index < -0.39 is 0 Å². The fourth-order valence-corrected chi connectivity index (χ4v) is 2.65. The van der Waals surface area contributed by atoms with Crippen molar-refractivity contribution < 1.29 is 4.79 Å². The lowest BCUT2D eigenvalue weighted by Gasteiger charge is -2.37. The summed E-state index contributed by atoms with van der Waals surface area (Å²) in [5.74, 6) is 0.271. The molecule has 1 aromatic carbocycles. The highest BCUT2D eigenvalue weighted by atomic mass is 16.2. The van der Waals surface area contributed by atoms with Crippen LogP contribution < -0.4 is 0 Å². The first-order chi connectivity index (χ1) is 9.36. The number of amides is 1. The third-order valence-corrected chi connectivity index (χ3v) is 3.79. The van der Waals surface area contributed by atoms with E-state index in [0.717, 1.165) is 32.7 Å². The van der Waals surface area contributed by atoms with Crippen molar-refractivity contribution in [1.29, 1.82) is 0 Å². The molecular formula is C17H26N2O. The summed E-state index contributed by atoms with van der Waals surface area (Å²) < 4.78 is 0. The van der Waals surface area contributed by atoms with Crippen molar-refractivity contribution >= 4 is 5.91 Å². The molecule has 0 atom stereocenters. The van der Waals surface area contributed by atoms with Gasteiger partial charge >= 0.3 is 0 Å². The van der Waals surface area contributed by atoms with Gasteiger partial charge in [0.05, 0.1) is 0 Å². The van der Waals surface area contributed by atoms with Gasteiger partial charge in [-0.05, 0) is 12.5 Å². The number of benzene rings is 1. The smallest absolute Gasteiger partial charge is 0.228 e. The highest BCUT2D eigenvalue weighted by Gasteiger charge is 2.29. The van der Waals surface area contributed by atoms with Gasteiger partial charge in [-0.2, -0.15) is 0 Å². The zero-order valence-corrected chi connectivity index (χ0v) is 13.1. The maximum Gasteiger partial charge on any atom is 0.228 e. The molecule has 0 saturated carbocycles. The maximum atomic E-state index is 12.2. The van der Waals surface area contributed by atoms with Crippen LogP contribution in [-0.4, -0.2) is 41.9 Å². The highest BCUT2D eigenvalue weighted by molar-refractivity contribution is 5.81. The molecule has 0 N–H and O–H groups in total. The fourth-order valence-electron chi connectivity index (χ4n) is 2.65. The Morgan fingerprint density at radius 2 is 1.80 bits per heavy atom. The van der Waals surface area contributed by atoms with Crippen molar-refractivity contribution in [3.63, 3.8) is 0 Å². The van der Waals surface area contributed by atoms with Crippen LogP contribution in [0.2, 0.25) is 0 Å². The number of piperazine rings is 1. The monoisotopic (exact) mass is 274 g/mol. The van der Waals surface area contributed by atoms with Crippen molar-refractivity contribution in [1.82, 2.24) is 9.80 Å². The summed E-state index contributed by atoms with van der Waals surface area (Å²) in [6.07, 6.45) is 0. The van der Waals surface area contributed by atoms with Gasteiger partial charge in [0.15, 0.2) is 0 Å². The summed E-state index contributed by atoms with van der Waals surface area (Å²) in [5.41, 5.74) is 2.41. The van der Waals surface area contributed by atoms with Crippen LogP contribution in [0.4, 0.5) is 0 Å². The highest BCUT2D eigenvalue weighted by Crippen LogP contribution is 2.19. The van der Waals surface area contributed by atoms with Crippen molar-refractivity contribution in [3.05, 3.63) is 35.4 Å². The molecule has 0 bridgehead atoms. The van der Waals surface area contributed by atoms with E-state index in [9.17, 15) is 4.79 Å². The van der Waals surface area contributed by atoms with Crippen LogP contribution in [0.1, 0.15) is 31.9 Å². The number of nitrogens with zero attached hydrogens (tertiary/aromatic N) is 2. The first kappa shape index (κ1) is 15.0. The second-order valence-corrected chi connectivity index (χ2v) is 6.81. The largest absolute Gasteiger partial charge is 0.340 e. The maximum absolute atomic E-state index is 12.2. The Morgan fingerprint density at radius 3 is 2.35 bits per heavy atom. The molecule has 1 aliphatic heterocycles. The zero-order chi connectivity index (χ0) is 14.8. The average molecular weight is 274 g/mol. The Bertz CT molecular complexity index is 468. The minimum absolute atomic E-state index is 0.265. The summed E-state index contributed by atoms with van der Waals surface area (Å²) in [5, 5.41) is 0. The van der Waals surface area contributed by atoms with Crippen molar-refractivity contribution in [2.24, 2.45) is 5.41 Å². The predicted octanol–water partition coefficient (Wildman–Crippen LogP) is 2.69. The van der Waals surface area contributed by atoms with E-state index in [1.165, 1.54) is 11.1 Å². The van der Waals surface area contributed by atoms with E-state index in [0.29, 0.717) is 0 Å². The molecule has 0 unspecified atom stereocenters. The molecule has 1 heterocycles. The molecule has 1 aromatic rings. The lowest BCUT2D eigenvalue weighted by molar-refractivity contribution is -0.141. The molecule has 0 spiro atoms. The first-order valence-electron chi connectivity index (χ1n) is 7.43. The van der Waals surface area contributed by atoms with Gasteiger partial charge in [0, 0.05) is 38.1 Å². The van der Waals surface area contributed by atoms with Crippen LogP contribution in [0.15, 0.2) is 24.3 Å². The van der Waals surface area contributed by atoms with Gasteiger partial charge in [0.1, 0.15) is 0 Å². The van der Waals surface area contributed by atoms with E-state index in [2.05, 4.69) is 36.1 Å². The summed E-state index contributed by atoms with van der Waals surface area (Å²) in [6.45, 7) is 12.7. The minimum atomic E-state index is -0.265. The fraction of sp³-hybridized carbons (Fsp3) is 0.588. The van der Waals surface area contributed by atoms with Crippen LogP contribution in [0, 0.1) is 12.3 Å². The van der Waals surface area contributed by atoms with Crippen LogP contribution in [0.5, 0.6) is 0 Å². The number of carbonyl (C=O) groups excluding carboxylic acids is 1. The summed E-state index contributed by atoms with van der Waals surface area (Å²) in [4.78, 5) is 16.7. The Balaban J connectivity index is 1.87. The zero-order valence-electron chi connectivity index (χ0n) is 13.1. The minimum Gasteiger partial charge on any atom is -0.340 e. The number of hydrogen-bond donors (Lipinski definition) is 0. The normalized spacial score (nSPS) is 17.3. The van der Waals surface area contributed by atoms with E-state index in [1.54, 1.807) is 0 Å². The summed E-state index contributed by atoms with van der Waals surface area (Å²) in [7, 11) is 0.